The highest BCUT2D eigenvalue weighted by molar-refractivity contribution is 5.85. The van der Waals surface area contributed by atoms with Crippen LogP contribution in [0, 0.1) is 6.92 Å². The van der Waals surface area contributed by atoms with Crippen LogP contribution in [0.3, 0.4) is 0 Å². The molecule has 3 aliphatic rings. The highest BCUT2D eigenvalue weighted by atomic mass is 16.6. The van der Waals surface area contributed by atoms with Crippen LogP contribution >= 0.6 is 0 Å². The first-order valence-electron chi connectivity index (χ1n) is 15.5. The number of para-hydroxylation sites is 1. The van der Waals surface area contributed by atoms with Gasteiger partial charge in [0.25, 0.3) is 0 Å². The Balaban J connectivity index is 0.000000207. The first-order valence-corrected chi connectivity index (χ1v) is 15.5. The fourth-order valence-electron chi connectivity index (χ4n) is 4.59. The van der Waals surface area contributed by atoms with Crippen molar-refractivity contribution in [3.05, 3.63) is 83.6 Å². The highest BCUT2D eigenvalue weighted by Crippen LogP contribution is 2.31. The predicted octanol–water partition coefficient (Wildman–Crippen LogP) is 7.55. The fourth-order valence-corrected chi connectivity index (χ4v) is 4.59. The number of allylic oxidation sites excluding steroid dienone is 2. The Hall–Kier alpha value is -3.06. The molecule has 6 heteroatoms. The summed E-state index contributed by atoms with van der Waals surface area (Å²) in [5, 5.41) is 6.83. The second-order valence-electron chi connectivity index (χ2n) is 10.8. The van der Waals surface area contributed by atoms with E-state index in [-0.39, 0.29) is 0 Å². The van der Waals surface area contributed by atoms with Gasteiger partial charge >= 0.3 is 0 Å². The van der Waals surface area contributed by atoms with E-state index >= 15 is 0 Å². The minimum atomic E-state index is 0.743. The van der Waals surface area contributed by atoms with Crippen molar-refractivity contribution in [3.63, 3.8) is 0 Å². The second kappa shape index (κ2) is 19.1. The van der Waals surface area contributed by atoms with E-state index in [2.05, 4.69) is 96.1 Å². The van der Waals surface area contributed by atoms with Crippen molar-refractivity contribution in [3.8, 4) is 5.75 Å². The van der Waals surface area contributed by atoms with Gasteiger partial charge in [-0.05, 0) is 69.5 Å². The lowest BCUT2D eigenvalue weighted by Gasteiger charge is -2.26. The zero-order chi connectivity index (χ0) is 29.1. The third-order valence-electron chi connectivity index (χ3n) is 6.94. The minimum Gasteiger partial charge on any atom is -0.494 e. The summed E-state index contributed by atoms with van der Waals surface area (Å²) in [4.78, 5) is 7.41. The zero-order valence-corrected chi connectivity index (χ0v) is 25.6. The number of likely N-dealkylation sites (tertiary alicyclic amines) is 1. The number of nitrogens with one attached hydrogen (secondary N) is 3. The molecule has 2 aliphatic heterocycles. The van der Waals surface area contributed by atoms with Crippen LogP contribution in [0.4, 0.5) is 5.69 Å². The molecule has 224 valence electrons. The Morgan fingerprint density at radius 1 is 0.976 bits per heavy atom. The second-order valence-corrected chi connectivity index (χ2v) is 10.8. The van der Waals surface area contributed by atoms with Gasteiger partial charge in [0.1, 0.15) is 5.75 Å². The molecular formula is C35H52N4O2. The van der Waals surface area contributed by atoms with Gasteiger partial charge in [0, 0.05) is 36.6 Å². The number of rotatable bonds is 12. The van der Waals surface area contributed by atoms with Crippen molar-refractivity contribution >= 4 is 17.5 Å². The van der Waals surface area contributed by atoms with E-state index in [1.54, 1.807) is 7.11 Å². The molecule has 1 saturated carbocycles. The summed E-state index contributed by atoms with van der Waals surface area (Å²) in [5.41, 5.74) is 9.61. The van der Waals surface area contributed by atoms with Crippen LogP contribution in [0.25, 0.3) is 11.8 Å². The number of ether oxygens (including phenoxy) is 1. The molecule has 2 fully saturated rings. The van der Waals surface area contributed by atoms with Crippen molar-refractivity contribution in [2.45, 2.75) is 65.2 Å². The van der Waals surface area contributed by atoms with Crippen LogP contribution in [0.2, 0.25) is 0 Å². The number of hydrogen-bond donors (Lipinski definition) is 3. The maximum Gasteiger partial charge on any atom is 0.119 e. The van der Waals surface area contributed by atoms with Gasteiger partial charge in [0.15, 0.2) is 0 Å². The van der Waals surface area contributed by atoms with Gasteiger partial charge < -0.3 is 25.1 Å². The number of benzene rings is 2. The highest BCUT2D eigenvalue weighted by Gasteiger charge is 2.13. The number of anilines is 1. The maximum absolute atomic E-state index is 5.73. The molecule has 0 unspecified atom stereocenters. The van der Waals surface area contributed by atoms with E-state index in [1.807, 2.05) is 6.08 Å². The molecule has 0 bridgehead atoms. The summed E-state index contributed by atoms with van der Waals surface area (Å²) in [6.07, 6.45) is 17.0. The molecule has 2 aromatic carbocycles. The van der Waals surface area contributed by atoms with E-state index < -0.39 is 0 Å². The Morgan fingerprint density at radius 2 is 1.71 bits per heavy atom. The van der Waals surface area contributed by atoms with Crippen molar-refractivity contribution in [2.24, 2.45) is 0 Å². The predicted molar refractivity (Wildman–Crippen MR) is 175 cm³/mol. The smallest absolute Gasteiger partial charge is 0.119 e. The van der Waals surface area contributed by atoms with E-state index in [9.17, 15) is 0 Å². The van der Waals surface area contributed by atoms with Crippen LogP contribution in [0.5, 0.6) is 5.75 Å². The molecule has 0 spiro atoms. The van der Waals surface area contributed by atoms with Gasteiger partial charge in [0.05, 0.1) is 19.4 Å². The monoisotopic (exact) mass is 560 g/mol. The van der Waals surface area contributed by atoms with Crippen LogP contribution < -0.4 is 20.9 Å². The molecule has 6 nitrogen and oxygen atoms in total. The van der Waals surface area contributed by atoms with Crippen LogP contribution in [-0.2, 0) is 4.84 Å². The molecule has 1 aliphatic carbocycles. The van der Waals surface area contributed by atoms with Gasteiger partial charge in [-0.3, -0.25) is 0 Å². The quantitative estimate of drug-likeness (QED) is 0.184. The molecule has 2 heterocycles. The largest absolute Gasteiger partial charge is 0.494 e. The van der Waals surface area contributed by atoms with Crippen molar-refractivity contribution in [1.82, 2.24) is 15.7 Å². The number of aryl methyl sites for hydroxylation is 1. The minimum absolute atomic E-state index is 0.743. The number of nitrogens with zero attached hydrogens (tertiary/aromatic N) is 1. The van der Waals surface area contributed by atoms with Crippen molar-refractivity contribution in [1.29, 1.82) is 0 Å². The lowest BCUT2D eigenvalue weighted by molar-refractivity contribution is 0.0933. The summed E-state index contributed by atoms with van der Waals surface area (Å²) < 4.78 is 5.73. The van der Waals surface area contributed by atoms with Gasteiger partial charge in [-0.15, -0.1) is 0 Å². The van der Waals surface area contributed by atoms with Crippen LogP contribution in [0.15, 0.2) is 66.9 Å². The summed E-state index contributed by atoms with van der Waals surface area (Å²) in [7, 11) is 1.62. The van der Waals surface area contributed by atoms with E-state index in [4.69, 9.17) is 9.57 Å². The Kier molecular flexibility index (Phi) is 15.1. The van der Waals surface area contributed by atoms with Gasteiger partial charge in [-0.25, -0.2) is 5.48 Å². The van der Waals surface area contributed by atoms with Gasteiger partial charge in [-0.2, -0.15) is 0 Å². The fraction of sp³-hybridized carbons (Fsp3) is 0.486. The standard InChI is InChI=1S/C17H23N3O.C15H23NO.C3H6/c1-4-6-16(18-11-12-19-21-3)15-8-5-7-14-10-9-13(2)20-17(14)15;1-14-6-8-15(9-7-14)17-13-5-12-16-10-3-2-4-11-16;1-2-3-1/h5-10,18-20H,2,4,11-12H2,1,3H3;6-9H,2-5,10-13H2,1H3;1-3H2/b16-6+;;. The van der Waals surface area contributed by atoms with Gasteiger partial charge in [-0.1, -0.05) is 87.2 Å². The maximum atomic E-state index is 5.73. The van der Waals surface area contributed by atoms with Crippen molar-refractivity contribution in [2.75, 3.05) is 51.8 Å². The lowest BCUT2D eigenvalue weighted by Crippen LogP contribution is -2.31. The van der Waals surface area contributed by atoms with Crippen LogP contribution in [-0.4, -0.2) is 51.3 Å². The van der Waals surface area contributed by atoms with Gasteiger partial charge in [0.2, 0.25) is 0 Å². The Morgan fingerprint density at radius 3 is 2.39 bits per heavy atom. The molecule has 0 amide bonds. The average Bonchev–Trinajstić information content (AvgIpc) is 3.89. The molecule has 2 aromatic rings. The number of piperidine rings is 1. The molecule has 5 rings (SSSR count). The summed E-state index contributed by atoms with van der Waals surface area (Å²) in [5.74, 6) is 0.995. The van der Waals surface area contributed by atoms with E-state index in [0.717, 1.165) is 60.9 Å². The lowest BCUT2D eigenvalue weighted by atomic mass is 10.0. The first-order chi connectivity index (χ1) is 20.1. The van der Waals surface area contributed by atoms with E-state index in [1.165, 1.54) is 69.3 Å². The summed E-state index contributed by atoms with van der Waals surface area (Å²) >= 11 is 0. The van der Waals surface area contributed by atoms with Crippen LogP contribution in [0.1, 0.15) is 75.0 Å². The van der Waals surface area contributed by atoms with E-state index in [0.29, 0.717) is 0 Å². The third kappa shape index (κ3) is 13.0. The summed E-state index contributed by atoms with van der Waals surface area (Å²) in [6, 6.07) is 14.6. The molecular weight excluding hydrogens is 508 g/mol. The number of hydrogen-bond acceptors (Lipinski definition) is 6. The number of hydroxylamine groups is 1. The van der Waals surface area contributed by atoms with Crippen molar-refractivity contribution < 1.29 is 9.57 Å². The Bertz CT molecular complexity index is 1080. The molecule has 0 atom stereocenters. The number of fused-ring (bicyclic) bond motifs is 1. The molecule has 1 saturated heterocycles. The summed E-state index contributed by atoms with van der Waals surface area (Å²) in [6.45, 7) is 14.3. The topological polar surface area (TPSA) is 57.8 Å². The Labute approximate surface area is 248 Å². The molecule has 3 N–H and O–H groups in total. The first kappa shape index (κ1) is 32.5. The zero-order valence-electron chi connectivity index (χ0n) is 25.6. The molecule has 0 radical (unpaired) electrons. The molecule has 0 aromatic heterocycles. The molecule has 41 heavy (non-hydrogen) atoms. The SMILES string of the molecule is C1CC1.C=C1C=Cc2cccc(/C(=C\CC)NCCNOC)c2N1.Cc1ccc(OCCCN2CCCCC2)cc1. The normalized spacial score (nSPS) is 15.9. The average molecular weight is 561 g/mol. The third-order valence-corrected chi connectivity index (χ3v) is 6.94.